The van der Waals surface area contributed by atoms with Crippen molar-refractivity contribution < 1.29 is 45.8 Å². The van der Waals surface area contributed by atoms with Crippen LogP contribution in [0.5, 0.6) is 5.75 Å². The van der Waals surface area contributed by atoms with E-state index >= 15 is 0 Å². The van der Waals surface area contributed by atoms with Crippen LogP contribution >= 0.6 is 0 Å². The van der Waals surface area contributed by atoms with Gasteiger partial charge in [0.1, 0.15) is 5.75 Å². The van der Waals surface area contributed by atoms with Crippen LogP contribution < -0.4 is 16.2 Å². The Labute approximate surface area is 247 Å². The van der Waals surface area contributed by atoms with Crippen LogP contribution in [0.1, 0.15) is 73.7 Å². The summed E-state index contributed by atoms with van der Waals surface area (Å²) in [6, 6.07) is 10.3. The fourth-order valence-electron chi connectivity index (χ4n) is 4.90. The van der Waals surface area contributed by atoms with Gasteiger partial charge in [0.2, 0.25) is 0 Å². The first-order valence-corrected chi connectivity index (χ1v) is 14.2. The Morgan fingerprint density at radius 3 is 2.05 bits per heavy atom. The van der Waals surface area contributed by atoms with Gasteiger partial charge in [-0.1, -0.05) is 18.6 Å². The van der Waals surface area contributed by atoms with Gasteiger partial charge in [-0.05, 0) is 92.8 Å². The number of benzene rings is 2. The van der Waals surface area contributed by atoms with Gasteiger partial charge in [-0.15, -0.1) is 0 Å². The van der Waals surface area contributed by atoms with Gasteiger partial charge >= 0.3 is 24.2 Å². The third-order valence-electron chi connectivity index (χ3n) is 7.17. The van der Waals surface area contributed by atoms with E-state index in [0.717, 1.165) is 0 Å². The predicted molar refractivity (Wildman–Crippen MR) is 152 cm³/mol. The monoisotopic (exact) mass is 612 g/mol. The molecular formula is C31H37F5N2O5. The van der Waals surface area contributed by atoms with Crippen molar-refractivity contribution in [2.45, 2.75) is 70.1 Å². The van der Waals surface area contributed by atoms with E-state index in [0.29, 0.717) is 49.0 Å². The normalized spacial score (nSPS) is 17.5. The van der Waals surface area contributed by atoms with Crippen LogP contribution in [-0.2, 0) is 14.3 Å². The summed E-state index contributed by atoms with van der Waals surface area (Å²) in [5, 5.41) is 0. The summed E-state index contributed by atoms with van der Waals surface area (Å²) in [4.78, 5) is 24.0. The highest BCUT2D eigenvalue weighted by atomic mass is 19.4. The SMILES string of the molecule is Nc1cc(N)cc(C(=O)OCCCCOC(=O)/C=C/c2ccc(OC(F)(F)C3CCC(CCCC(F)(F)F)CC3)cc2)c1. The van der Waals surface area contributed by atoms with Gasteiger partial charge in [-0.2, -0.15) is 22.0 Å². The van der Waals surface area contributed by atoms with Crippen molar-refractivity contribution in [1.82, 2.24) is 0 Å². The Kier molecular flexibility index (Phi) is 12.2. The van der Waals surface area contributed by atoms with Crippen LogP contribution in [0.2, 0.25) is 0 Å². The number of unbranched alkanes of at least 4 members (excludes halogenated alkanes) is 1. The lowest BCUT2D eigenvalue weighted by Crippen LogP contribution is -2.37. The number of esters is 2. The van der Waals surface area contributed by atoms with Crippen LogP contribution in [-0.4, -0.2) is 37.4 Å². The molecule has 3 rings (SSSR count). The summed E-state index contributed by atoms with van der Waals surface area (Å²) in [5.74, 6) is -2.15. The molecule has 0 amide bonds. The first-order valence-electron chi connectivity index (χ1n) is 14.2. The molecule has 0 saturated heterocycles. The number of nitrogens with two attached hydrogens (primary N) is 2. The van der Waals surface area contributed by atoms with Crippen LogP contribution in [0.3, 0.4) is 0 Å². The van der Waals surface area contributed by atoms with Crippen molar-refractivity contribution in [2.75, 3.05) is 24.7 Å². The standard InChI is InChI=1S/C31H37F5N2O5/c32-30(33,34)15-3-4-21-5-10-24(11-6-21)31(35,36)43-27-12-7-22(8-13-27)9-14-28(39)41-16-1-2-17-42-29(40)23-18-25(37)20-26(38)19-23/h7-9,12-14,18-21,24H,1-6,10-11,15-17,37-38H2/b14-9+. The van der Waals surface area contributed by atoms with Gasteiger partial charge in [0.15, 0.2) is 0 Å². The van der Waals surface area contributed by atoms with E-state index in [4.69, 9.17) is 25.7 Å². The Balaban J connectivity index is 1.32. The molecule has 2 aromatic rings. The highest BCUT2D eigenvalue weighted by Gasteiger charge is 2.44. The molecule has 0 aliphatic heterocycles. The molecule has 0 aromatic heterocycles. The third kappa shape index (κ3) is 12.1. The summed E-state index contributed by atoms with van der Waals surface area (Å²) >= 11 is 0. The van der Waals surface area contributed by atoms with Crippen LogP contribution in [0.15, 0.2) is 48.5 Å². The van der Waals surface area contributed by atoms with Gasteiger partial charge in [0.05, 0.1) is 24.7 Å². The molecule has 1 aliphatic carbocycles. The Morgan fingerprint density at radius 2 is 1.44 bits per heavy atom. The number of nitrogen functional groups attached to an aromatic ring is 2. The molecule has 0 atom stereocenters. The quantitative estimate of drug-likeness (QED) is 0.0744. The molecule has 0 heterocycles. The summed E-state index contributed by atoms with van der Waals surface area (Å²) < 4.78 is 81.7. The smallest absolute Gasteiger partial charge is 0.400 e. The average Bonchev–Trinajstić information content (AvgIpc) is 2.93. The van der Waals surface area contributed by atoms with E-state index in [2.05, 4.69) is 0 Å². The van der Waals surface area contributed by atoms with Gasteiger partial charge in [0, 0.05) is 23.9 Å². The number of hydrogen-bond donors (Lipinski definition) is 2. The number of anilines is 2. The summed E-state index contributed by atoms with van der Waals surface area (Å²) in [6.45, 7) is 0.240. The first kappa shape index (κ1) is 33.7. The lowest BCUT2D eigenvalue weighted by molar-refractivity contribution is -0.223. The first-order chi connectivity index (χ1) is 20.3. The van der Waals surface area contributed by atoms with Crippen LogP contribution in [0, 0.1) is 11.8 Å². The Morgan fingerprint density at radius 1 is 0.837 bits per heavy atom. The van der Waals surface area contributed by atoms with E-state index in [1.807, 2.05) is 0 Å². The molecule has 1 fully saturated rings. The zero-order chi connectivity index (χ0) is 31.5. The van der Waals surface area contributed by atoms with Crippen LogP contribution in [0.4, 0.5) is 33.3 Å². The minimum atomic E-state index is -4.19. The van der Waals surface area contributed by atoms with Gasteiger partial charge in [0.25, 0.3) is 0 Å². The topological polar surface area (TPSA) is 114 Å². The molecular weight excluding hydrogens is 575 g/mol. The van der Waals surface area contributed by atoms with Crippen molar-refractivity contribution in [1.29, 1.82) is 0 Å². The van der Waals surface area contributed by atoms with Gasteiger partial charge < -0.3 is 25.7 Å². The van der Waals surface area contributed by atoms with Crippen molar-refractivity contribution >= 4 is 29.4 Å². The maximum absolute atomic E-state index is 14.7. The van der Waals surface area contributed by atoms with E-state index in [1.165, 1.54) is 54.6 Å². The lowest BCUT2D eigenvalue weighted by Gasteiger charge is -2.33. The number of alkyl halides is 5. The maximum Gasteiger partial charge on any atom is 0.400 e. The molecule has 1 saturated carbocycles. The second-order valence-corrected chi connectivity index (χ2v) is 10.7. The molecule has 0 bridgehead atoms. The van der Waals surface area contributed by atoms with Crippen molar-refractivity contribution in [2.24, 2.45) is 11.8 Å². The second kappa shape index (κ2) is 15.6. The van der Waals surface area contributed by atoms with Crippen LogP contribution in [0.25, 0.3) is 6.08 Å². The Bertz CT molecular complexity index is 1210. The average molecular weight is 613 g/mol. The van der Waals surface area contributed by atoms with Crippen molar-refractivity contribution in [3.63, 3.8) is 0 Å². The number of rotatable bonds is 14. The number of hydrogen-bond acceptors (Lipinski definition) is 7. The molecule has 2 aromatic carbocycles. The number of carbonyl (C=O) groups excluding carboxylic acids is 2. The summed E-state index contributed by atoms with van der Waals surface area (Å²) in [7, 11) is 0. The molecule has 4 N–H and O–H groups in total. The summed E-state index contributed by atoms with van der Waals surface area (Å²) in [6.07, 6.45) is -3.12. The molecule has 12 heteroatoms. The van der Waals surface area contributed by atoms with Gasteiger partial charge in [-0.25, -0.2) is 9.59 Å². The van der Waals surface area contributed by atoms with E-state index in [-0.39, 0.29) is 49.7 Å². The number of ether oxygens (including phenoxy) is 3. The summed E-state index contributed by atoms with van der Waals surface area (Å²) in [5.41, 5.74) is 12.9. The van der Waals surface area contributed by atoms with E-state index in [1.54, 1.807) is 0 Å². The van der Waals surface area contributed by atoms with Crippen molar-refractivity contribution in [3.05, 3.63) is 59.7 Å². The highest BCUT2D eigenvalue weighted by molar-refractivity contribution is 5.91. The largest absolute Gasteiger partial charge is 0.463 e. The highest BCUT2D eigenvalue weighted by Crippen LogP contribution is 2.41. The third-order valence-corrected chi connectivity index (χ3v) is 7.17. The molecule has 236 valence electrons. The molecule has 7 nitrogen and oxygen atoms in total. The predicted octanol–water partition coefficient (Wildman–Crippen LogP) is 7.56. The van der Waals surface area contributed by atoms with E-state index < -0.39 is 36.6 Å². The molecule has 0 radical (unpaired) electrons. The minimum Gasteiger partial charge on any atom is -0.463 e. The lowest BCUT2D eigenvalue weighted by atomic mass is 9.79. The Hall–Kier alpha value is -3.83. The molecule has 43 heavy (non-hydrogen) atoms. The fraction of sp³-hybridized carbons (Fsp3) is 0.484. The number of halogens is 5. The molecule has 1 aliphatic rings. The van der Waals surface area contributed by atoms with Gasteiger partial charge in [-0.3, -0.25) is 0 Å². The zero-order valence-corrected chi connectivity index (χ0v) is 23.7. The zero-order valence-electron chi connectivity index (χ0n) is 23.7. The molecule has 0 unspecified atom stereocenters. The second-order valence-electron chi connectivity index (χ2n) is 10.7. The maximum atomic E-state index is 14.7. The minimum absolute atomic E-state index is 0.0199. The number of carbonyl (C=O) groups is 2. The van der Waals surface area contributed by atoms with Crippen molar-refractivity contribution in [3.8, 4) is 5.75 Å². The van der Waals surface area contributed by atoms with E-state index in [9.17, 15) is 31.5 Å². The fourth-order valence-corrected chi connectivity index (χ4v) is 4.90. The molecule has 0 spiro atoms.